The van der Waals surface area contributed by atoms with Gasteiger partial charge in [-0.15, -0.1) is 0 Å². The lowest BCUT2D eigenvalue weighted by Gasteiger charge is -2.16. The summed E-state index contributed by atoms with van der Waals surface area (Å²) in [6.07, 6.45) is 1.03. The molecule has 0 saturated carbocycles. The van der Waals surface area contributed by atoms with Crippen molar-refractivity contribution in [3.8, 4) is 0 Å². The van der Waals surface area contributed by atoms with Gasteiger partial charge >= 0.3 is 0 Å². The normalized spacial score (nSPS) is 13.0. The molecule has 0 saturated heterocycles. The summed E-state index contributed by atoms with van der Waals surface area (Å²) in [5.74, 6) is 0. The van der Waals surface area contributed by atoms with Gasteiger partial charge in [0.05, 0.1) is 5.69 Å². The summed E-state index contributed by atoms with van der Waals surface area (Å²) in [6, 6.07) is 9.25. The predicted molar refractivity (Wildman–Crippen MR) is 68.1 cm³/mol. The number of benzene rings is 1. The Morgan fingerprint density at radius 3 is 2.41 bits per heavy atom. The van der Waals surface area contributed by atoms with Gasteiger partial charge in [-0.2, -0.15) is 5.10 Å². The lowest BCUT2D eigenvalue weighted by atomic mass is 10.1. The second-order valence-corrected chi connectivity index (χ2v) is 4.68. The Balaban J connectivity index is 2.33. The summed E-state index contributed by atoms with van der Waals surface area (Å²) in [6.45, 7) is 4.07. The molecule has 90 valence electrons. The van der Waals surface area contributed by atoms with E-state index in [2.05, 4.69) is 5.10 Å². The second kappa shape index (κ2) is 4.90. The van der Waals surface area contributed by atoms with Crippen LogP contribution in [0.5, 0.6) is 0 Å². The SMILES string of the molecule is CC(C)n1nccc1C(O)c1ccc(Cl)cc1. The molecule has 0 radical (unpaired) electrons. The van der Waals surface area contributed by atoms with E-state index in [4.69, 9.17) is 11.6 Å². The number of aromatic nitrogens is 2. The minimum atomic E-state index is -0.669. The quantitative estimate of drug-likeness (QED) is 0.909. The molecule has 0 aliphatic heterocycles. The van der Waals surface area contributed by atoms with Crippen LogP contribution in [0, 0.1) is 0 Å². The highest BCUT2D eigenvalue weighted by molar-refractivity contribution is 6.30. The Morgan fingerprint density at radius 2 is 1.82 bits per heavy atom. The highest BCUT2D eigenvalue weighted by atomic mass is 35.5. The standard InChI is InChI=1S/C13H15ClN2O/c1-9(2)16-12(7-8-15-16)13(17)10-3-5-11(14)6-4-10/h3-9,13,17H,1-2H3. The third-order valence-corrected chi connectivity index (χ3v) is 2.91. The molecule has 1 N–H and O–H groups in total. The monoisotopic (exact) mass is 250 g/mol. The molecular formula is C13H15ClN2O. The molecule has 2 aromatic rings. The number of aliphatic hydroxyl groups is 1. The third-order valence-electron chi connectivity index (χ3n) is 2.66. The van der Waals surface area contributed by atoms with E-state index in [9.17, 15) is 5.11 Å². The van der Waals surface area contributed by atoms with Gasteiger partial charge in [0.2, 0.25) is 0 Å². The van der Waals surface area contributed by atoms with E-state index >= 15 is 0 Å². The second-order valence-electron chi connectivity index (χ2n) is 4.25. The van der Waals surface area contributed by atoms with E-state index in [1.165, 1.54) is 0 Å². The van der Waals surface area contributed by atoms with Crippen molar-refractivity contribution < 1.29 is 5.11 Å². The molecule has 0 bridgehead atoms. The maximum Gasteiger partial charge on any atom is 0.121 e. The van der Waals surface area contributed by atoms with Gasteiger partial charge in [0, 0.05) is 17.3 Å². The van der Waals surface area contributed by atoms with Crippen LogP contribution >= 0.6 is 11.6 Å². The molecule has 1 unspecified atom stereocenters. The minimum Gasteiger partial charge on any atom is -0.382 e. The van der Waals surface area contributed by atoms with Crippen LogP contribution in [0.4, 0.5) is 0 Å². The molecule has 0 aliphatic rings. The fraction of sp³-hybridized carbons (Fsp3) is 0.308. The fourth-order valence-electron chi connectivity index (χ4n) is 1.79. The van der Waals surface area contributed by atoms with Crippen LogP contribution in [0.15, 0.2) is 36.5 Å². The van der Waals surface area contributed by atoms with Crippen molar-refractivity contribution in [2.45, 2.75) is 26.0 Å². The zero-order valence-corrected chi connectivity index (χ0v) is 10.6. The van der Waals surface area contributed by atoms with Crippen molar-refractivity contribution in [3.05, 3.63) is 52.8 Å². The minimum absolute atomic E-state index is 0.224. The number of nitrogens with zero attached hydrogens (tertiary/aromatic N) is 2. The summed E-state index contributed by atoms with van der Waals surface area (Å²) in [5.41, 5.74) is 1.61. The van der Waals surface area contributed by atoms with Gasteiger partial charge in [0.15, 0.2) is 0 Å². The first-order valence-electron chi connectivity index (χ1n) is 5.56. The van der Waals surface area contributed by atoms with E-state index in [0.29, 0.717) is 5.02 Å². The Kier molecular flexibility index (Phi) is 3.50. The highest BCUT2D eigenvalue weighted by Gasteiger charge is 2.16. The van der Waals surface area contributed by atoms with Crippen molar-refractivity contribution in [2.75, 3.05) is 0 Å². The number of hydrogen-bond donors (Lipinski definition) is 1. The van der Waals surface area contributed by atoms with Crippen LogP contribution in [0.2, 0.25) is 5.02 Å². The lowest BCUT2D eigenvalue weighted by Crippen LogP contribution is -2.12. The van der Waals surface area contributed by atoms with Crippen LogP contribution in [-0.4, -0.2) is 14.9 Å². The summed E-state index contributed by atoms with van der Waals surface area (Å²) in [5, 5.41) is 15.2. The Labute approximate surface area is 106 Å². The maximum absolute atomic E-state index is 10.3. The molecule has 1 aromatic carbocycles. The summed E-state index contributed by atoms with van der Waals surface area (Å²) in [4.78, 5) is 0. The van der Waals surface area contributed by atoms with Gasteiger partial charge in [-0.1, -0.05) is 23.7 Å². The molecule has 0 amide bonds. The first kappa shape index (κ1) is 12.1. The molecule has 1 atom stereocenters. The van der Waals surface area contributed by atoms with Crippen molar-refractivity contribution in [2.24, 2.45) is 0 Å². The number of aliphatic hydroxyl groups excluding tert-OH is 1. The van der Waals surface area contributed by atoms with Crippen LogP contribution in [0.3, 0.4) is 0 Å². The van der Waals surface area contributed by atoms with Crippen LogP contribution in [0.1, 0.15) is 37.3 Å². The number of halogens is 1. The van der Waals surface area contributed by atoms with Crippen LogP contribution in [-0.2, 0) is 0 Å². The first-order valence-corrected chi connectivity index (χ1v) is 5.94. The van der Waals surface area contributed by atoms with Crippen molar-refractivity contribution in [1.82, 2.24) is 9.78 Å². The molecular weight excluding hydrogens is 236 g/mol. The topological polar surface area (TPSA) is 38.0 Å². The third kappa shape index (κ3) is 2.51. The molecule has 0 spiro atoms. The smallest absolute Gasteiger partial charge is 0.121 e. The highest BCUT2D eigenvalue weighted by Crippen LogP contribution is 2.24. The zero-order chi connectivity index (χ0) is 12.4. The van der Waals surface area contributed by atoms with Crippen molar-refractivity contribution in [1.29, 1.82) is 0 Å². The first-order chi connectivity index (χ1) is 8.09. The summed E-state index contributed by atoms with van der Waals surface area (Å²) in [7, 11) is 0. The average molecular weight is 251 g/mol. The zero-order valence-electron chi connectivity index (χ0n) is 9.84. The van der Waals surface area contributed by atoms with Crippen molar-refractivity contribution >= 4 is 11.6 Å². The molecule has 1 aromatic heterocycles. The van der Waals surface area contributed by atoms with Gasteiger partial charge in [-0.05, 0) is 37.6 Å². The number of rotatable bonds is 3. The van der Waals surface area contributed by atoms with E-state index in [1.54, 1.807) is 18.3 Å². The molecule has 2 rings (SSSR count). The molecule has 0 fully saturated rings. The molecule has 0 aliphatic carbocycles. The van der Waals surface area contributed by atoms with Gasteiger partial charge in [-0.3, -0.25) is 4.68 Å². The predicted octanol–water partition coefficient (Wildman–Crippen LogP) is 3.20. The molecule has 17 heavy (non-hydrogen) atoms. The fourth-order valence-corrected chi connectivity index (χ4v) is 1.91. The van der Waals surface area contributed by atoms with Gasteiger partial charge in [0.1, 0.15) is 6.10 Å². The summed E-state index contributed by atoms with van der Waals surface area (Å²) < 4.78 is 1.82. The molecule has 4 heteroatoms. The average Bonchev–Trinajstić information content (AvgIpc) is 2.78. The van der Waals surface area contributed by atoms with E-state index < -0.39 is 6.10 Å². The number of hydrogen-bond acceptors (Lipinski definition) is 2. The Bertz CT molecular complexity index is 490. The van der Waals surface area contributed by atoms with E-state index in [0.717, 1.165) is 11.3 Å². The van der Waals surface area contributed by atoms with E-state index in [1.807, 2.05) is 36.7 Å². The van der Waals surface area contributed by atoms with Crippen LogP contribution < -0.4 is 0 Å². The van der Waals surface area contributed by atoms with Crippen LogP contribution in [0.25, 0.3) is 0 Å². The van der Waals surface area contributed by atoms with Crippen molar-refractivity contribution in [3.63, 3.8) is 0 Å². The largest absolute Gasteiger partial charge is 0.382 e. The maximum atomic E-state index is 10.3. The van der Waals surface area contributed by atoms with Gasteiger partial charge in [-0.25, -0.2) is 0 Å². The lowest BCUT2D eigenvalue weighted by molar-refractivity contribution is 0.205. The van der Waals surface area contributed by atoms with E-state index in [-0.39, 0.29) is 6.04 Å². The molecule has 3 nitrogen and oxygen atoms in total. The Hall–Kier alpha value is -1.32. The van der Waals surface area contributed by atoms with Gasteiger partial charge < -0.3 is 5.11 Å². The van der Waals surface area contributed by atoms with Gasteiger partial charge in [0.25, 0.3) is 0 Å². The summed E-state index contributed by atoms with van der Waals surface area (Å²) >= 11 is 5.82. The molecule has 1 heterocycles. The Morgan fingerprint density at radius 1 is 1.18 bits per heavy atom.